The van der Waals surface area contributed by atoms with Crippen LogP contribution in [0.3, 0.4) is 0 Å². The lowest BCUT2D eigenvalue weighted by Crippen LogP contribution is -2.36. The van der Waals surface area contributed by atoms with Crippen LogP contribution in [0.15, 0.2) is 23.1 Å². The number of hydrogen-bond acceptors (Lipinski definition) is 4. The molecule has 96 valence electrons. The van der Waals surface area contributed by atoms with Crippen LogP contribution in [0.25, 0.3) is 0 Å². The summed E-state index contributed by atoms with van der Waals surface area (Å²) in [6.07, 6.45) is 0. The van der Waals surface area contributed by atoms with E-state index in [1.54, 1.807) is 6.92 Å². The minimum Gasteiger partial charge on any atom is -0.399 e. The van der Waals surface area contributed by atoms with Crippen molar-refractivity contribution in [3.05, 3.63) is 24.0 Å². The van der Waals surface area contributed by atoms with E-state index in [0.29, 0.717) is 0 Å². The van der Waals surface area contributed by atoms with Crippen LogP contribution in [-0.2, 0) is 14.8 Å². The van der Waals surface area contributed by atoms with E-state index in [1.807, 2.05) is 0 Å². The van der Waals surface area contributed by atoms with Crippen LogP contribution in [-0.4, -0.2) is 28.2 Å². The molecule has 0 aliphatic heterocycles. The Labute approximate surface area is 99.8 Å². The summed E-state index contributed by atoms with van der Waals surface area (Å²) >= 11 is 0. The third kappa shape index (κ3) is 3.65. The summed E-state index contributed by atoms with van der Waals surface area (Å²) in [5.74, 6) is -0.837. The van der Waals surface area contributed by atoms with E-state index in [-0.39, 0.29) is 12.3 Å². The molecule has 0 radical (unpaired) electrons. The molecule has 0 fully saturated rings. The highest BCUT2D eigenvalue weighted by molar-refractivity contribution is 7.89. The molecule has 1 rings (SSSR count). The van der Waals surface area contributed by atoms with Crippen LogP contribution >= 0.6 is 0 Å². The first-order chi connectivity index (χ1) is 7.86. The number of methoxy groups -OCH3 is 1. The van der Waals surface area contributed by atoms with E-state index in [1.165, 1.54) is 13.2 Å². The van der Waals surface area contributed by atoms with Gasteiger partial charge < -0.3 is 10.5 Å². The molecule has 0 saturated heterocycles. The SMILES string of the molecule is COCC(C)NS(=O)(=O)c1cc(N)ccc1F. The fourth-order valence-electron chi connectivity index (χ4n) is 1.34. The van der Waals surface area contributed by atoms with Gasteiger partial charge in [0.1, 0.15) is 10.7 Å². The highest BCUT2D eigenvalue weighted by Crippen LogP contribution is 2.17. The Morgan fingerprint density at radius 3 is 2.76 bits per heavy atom. The molecule has 17 heavy (non-hydrogen) atoms. The van der Waals surface area contributed by atoms with Gasteiger partial charge in [-0.15, -0.1) is 0 Å². The number of benzene rings is 1. The van der Waals surface area contributed by atoms with E-state index in [2.05, 4.69) is 4.72 Å². The van der Waals surface area contributed by atoms with Crippen molar-refractivity contribution in [1.29, 1.82) is 0 Å². The minimum atomic E-state index is -3.92. The van der Waals surface area contributed by atoms with Crippen LogP contribution in [0.5, 0.6) is 0 Å². The topological polar surface area (TPSA) is 81.4 Å². The molecule has 1 unspecified atom stereocenters. The van der Waals surface area contributed by atoms with Crippen LogP contribution in [0.1, 0.15) is 6.92 Å². The van der Waals surface area contributed by atoms with Gasteiger partial charge in [0.05, 0.1) is 6.61 Å². The number of anilines is 1. The zero-order valence-electron chi connectivity index (χ0n) is 9.60. The molecule has 3 N–H and O–H groups in total. The predicted molar refractivity (Wildman–Crippen MR) is 62.5 cm³/mol. The van der Waals surface area contributed by atoms with Crippen LogP contribution in [0.4, 0.5) is 10.1 Å². The third-order valence-electron chi connectivity index (χ3n) is 2.02. The first-order valence-corrected chi connectivity index (χ1v) is 6.41. The Kier molecular flexibility index (Phi) is 4.44. The largest absolute Gasteiger partial charge is 0.399 e. The van der Waals surface area contributed by atoms with Crippen molar-refractivity contribution in [2.45, 2.75) is 17.9 Å². The van der Waals surface area contributed by atoms with Crippen molar-refractivity contribution in [2.24, 2.45) is 0 Å². The third-order valence-corrected chi connectivity index (χ3v) is 3.62. The number of hydrogen-bond donors (Lipinski definition) is 2. The summed E-state index contributed by atoms with van der Waals surface area (Å²) in [7, 11) is -2.47. The second-order valence-corrected chi connectivity index (χ2v) is 5.35. The lowest BCUT2D eigenvalue weighted by molar-refractivity contribution is 0.180. The van der Waals surface area contributed by atoms with Crippen LogP contribution in [0, 0.1) is 5.82 Å². The molecule has 7 heteroatoms. The van der Waals surface area contributed by atoms with Gasteiger partial charge in [0, 0.05) is 18.8 Å². The zero-order valence-corrected chi connectivity index (χ0v) is 10.4. The first kappa shape index (κ1) is 13.9. The highest BCUT2D eigenvalue weighted by atomic mass is 32.2. The van der Waals surface area contributed by atoms with Crippen LogP contribution in [0.2, 0.25) is 0 Å². The van der Waals surface area contributed by atoms with E-state index in [9.17, 15) is 12.8 Å². The van der Waals surface area contributed by atoms with Crippen molar-refractivity contribution < 1.29 is 17.5 Å². The molecule has 0 amide bonds. The van der Waals surface area contributed by atoms with E-state index < -0.39 is 26.8 Å². The molecule has 1 aromatic rings. The number of ether oxygens (including phenoxy) is 1. The standard InChI is InChI=1S/C10H15FN2O3S/c1-7(6-16-2)13-17(14,15)10-5-8(12)3-4-9(10)11/h3-5,7,13H,6,12H2,1-2H3. The molecule has 0 spiro atoms. The maximum atomic E-state index is 13.4. The smallest absolute Gasteiger partial charge is 0.243 e. The summed E-state index contributed by atoms with van der Waals surface area (Å²) in [4.78, 5) is -0.458. The van der Waals surface area contributed by atoms with Gasteiger partial charge in [0.2, 0.25) is 10.0 Å². The van der Waals surface area contributed by atoms with Crippen molar-refractivity contribution in [3.8, 4) is 0 Å². The summed E-state index contributed by atoms with van der Waals surface area (Å²) in [5.41, 5.74) is 5.62. The Bertz CT molecular complexity index is 490. The molecular weight excluding hydrogens is 247 g/mol. The predicted octanol–water partition coefficient (Wildman–Crippen LogP) is 0.721. The number of nitrogen functional groups attached to an aromatic ring is 1. The number of sulfonamides is 1. The average Bonchev–Trinajstić information content (AvgIpc) is 2.21. The van der Waals surface area contributed by atoms with Gasteiger partial charge in [0.15, 0.2) is 0 Å². The second kappa shape index (κ2) is 5.44. The first-order valence-electron chi connectivity index (χ1n) is 4.93. The Morgan fingerprint density at radius 2 is 2.18 bits per heavy atom. The normalized spacial score (nSPS) is 13.6. The summed E-state index contributed by atoms with van der Waals surface area (Å²) in [6.45, 7) is 1.81. The molecule has 0 bridgehead atoms. The molecule has 0 aliphatic carbocycles. The van der Waals surface area contributed by atoms with Crippen molar-refractivity contribution in [2.75, 3.05) is 19.5 Å². The lowest BCUT2D eigenvalue weighted by atomic mass is 10.3. The summed E-state index contributed by atoms with van der Waals surface area (Å²) < 4.78 is 44.1. The lowest BCUT2D eigenvalue weighted by Gasteiger charge is -2.13. The fourth-order valence-corrected chi connectivity index (χ4v) is 2.68. The fraction of sp³-hybridized carbons (Fsp3) is 0.400. The molecule has 1 atom stereocenters. The Balaban J connectivity index is 3.01. The summed E-state index contributed by atoms with van der Waals surface area (Å²) in [5, 5.41) is 0. The second-order valence-electron chi connectivity index (χ2n) is 3.67. The van der Waals surface area contributed by atoms with Crippen molar-refractivity contribution >= 4 is 15.7 Å². The van der Waals surface area contributed by atoms with Gasteiger partial charge in [-0.25, -0.2) is 17.5 Å². The zero-order chi connectivity index (χ0) is 13.1. The van der Waals surface area contributed by atoms with E-state index >= 15 is 0 Å². The van der Waals surface area contributed by atoms with E-state index in [4.69, 9.17) is 10.5 Å². The molecule has 0 aromatic heterocycles. The van der Waals surface area contributed by atoms with Gasteiger partial charge in [-0.1, -0.05) is 0 Å². The number of rotatable bonds is 5. The Morgan fingerprint density at radius 1 is 1.53 bits per heavy atom. The molecule has 0 heterocycles. The van der Waals surface area contributed by atoms with Gasteiger partial charge in [0.25, 0.3) is 0 Å². The van der Waals surface area contributed by atoms with Gasteiger partial charge in [-0.05, 0) is 25.1 Å². The maximum Gasteiger partial charge on any atom is 0.243 e. The van der Waals surface area contributed by atoms with Crippen LogP contribution < -0.4 is 10.5 Å². The van der Waals surface area contributed by atoms with Gasteiger partial charge in [-0.2, -0.15) is 0 Å². The molecule has 5 nitrogen and oxygen atoms in total. The van der Waals surface area contributed by atoms with Gasteiger partial charge in [-0.3, -0.25) is 0 Å². The highest BCUT2D eigenvalue weighted by Gasteiger charge is 2.21. The molecule has 1 aromatic carbocycles. The maximum absolute atomic E-state index is 13.4. The number of halogens is 1. The molecule has 0 saturated carbocycles. The average molecular weight is 262 g/mol. The summed E-state index contributed by atoms with van der Waals surface area (Å²) in [6, 6.07) is 2.94. The minimum absolute atomic E-state index is 0.186. The Hall–Kier alpha value is -1.18. The quantitative estimate of drug-likeness (QED) is 0.766. The van der Waals surface area contributed by atoms with Crippen molar-refractivity contribution in [1.82, 2.24) is 4.72 Å². The molecule has 0 aliphatic rings. The number of nitrogens with two attached hydrogens (primary N) is 1. The number of nitrogens with one attached hydrogen (secondary N) is 1. The van der Waals surface area contributed by atoms with Crippen molar-refractivity contribution in [3.63, 3.8) is 0 Å². The molecular formula is C10H15FN2O3S. The monoisotopic (exact) mass is 262 g/mol. The van der Waals surface area contributed by atoms with E-state index in [0.717, 1.165) is 12.1 Å². The van der Waals surface area contributed by atoms with Gasteiger partial charge >= 0.3 is 0 Å².